The first kappa shape index (κ1) is 8.10. The Bertz CT molecular complexity index is 358. The molecule has 1 heterocycles. The summed E-state index contributed by atoms with van der Waals surface area (Å²) in [6, 6.07) is 0. The fourth-order valence-electron chi connectivity index (χ4n) is 1.38. The lowest BCUT2D eigenvalue weighted by atomic mass is 10.2. The minimum absolute atomic E-state index is 0.934. The number of hydrogen-bond acceptors (Lipinski definition) is 2. The average Bonchev–Trinajstić information content (AvgIpc) is 2.42. The molecule has 0 atom stereocenters. The number of hydrogen-bond donors (Lipinski definition) is 1. The molecular weight excluding hydrogens is 162 g/mol. The van der Waals surface area contributed by atoms with Crippen molar-refractivity contribution in [2.24, 2.45) is 0 Å². The minimum atomic E-state index is 0.934. The van der Waals surface area contributed by atoms with Gasteiger partial charge in [0.05, 0.1) is 12.0 Å². The van der Waals surface area contributed by atoms with Gasteiger partial charge in [-0.3, -0.25) is 0 Å². The first-order valence-corrected chi connectivity index (χ1v) is 4.35. The van der Waals surface area contributed by atoms with Crippen LogP contribution in [0.3, 0.4) is 0 Å². The lowest BCUT2D eigenvalue weighted by Crippen LogP contribution is -2.08. The van der Waals surface area contributed by atoms with Crippen LogP contribution in [0.1, 0.15) is 11.4 Å². The Hall–Kier alpha value is -1.51. The minimum Gasteiger partial charge on any atom is -0.378 e. The van der Waals surface area contributed by atoms with Crippen LogP contribution in [0.25, 0.3) is 6.08 Å². The highest BCUT2D eigenvalue weighted by Crippen LogP contribution is 2.15. The number of nitrogens with one attached hydrogen (secondary N) is 1. The molecular formula is C10H13N3. The molecule has 0 unspecified atom stereocenters. The fourth-order valence-corrected chi connectivity index (χ4v) is 1.38. The third-order valence-electron chi connectivity index (χ3n) is 2.16. The summed E-state index contributed by atoms with van der Waals surface area (Å²) in [5.41, 5.74) is 3.42. The lowest BCUT2D eigenvalue weighted by Gasteiger charge is -2.12. The standard InChI is InChI=1S/C10H13N3/c1-13(2)8-4-3-5-9-10(6-8)12-7-11-9/h3-4,6-7H,5H2,1-2H3,(H,11,12). The van der Waals surface area contributed by atoms with E-state index < -0.39 is 0 Å². The molecule has 0 radical (unpaired) electrons. The second kappa shape index (κ2) is 3.09. The van der Waals surface area contributed by atoms with Crippen molar-refractivity contribution in [1.29, 1.82) is 0 Å². The number of aromatic nitrogens is 2. The maximum absolute atomic E-state index is 4.25. The van der Waals surface area contributed by atoms with E-state index in [1.165, 1.54) is 11.4 Å². The number of fused-ring (bicyclic) bond motifs is 1. The number of nitrogens with zero attached hydrogens (tertiary/aromatic N) is 2. The summed E-state index contributed by atoms with van der Waals surface area (Å²) in [5.74, 6) is 0. The molecule has 1 aromatic rings. The van der Waals surface area contributed by atoms with E-state index in [0.29, 0.717) is 0 Å². The topological polar surface area (TPSA) is 31.9 Å². The summed E-state index contributed by atoms with van der Waals surface area (Å²) in [7, 11) is 4.07. The Morgan fingerprint density at radius 2 is 2.31 bits per heavy atom. The van der Waals surface area contributed by atoms with Gasteiger partial charge >= 0.3 is 0 Å². The molecule has 1 aromatic heterocycles. The Labute approximate surface area is 77.8 Å². The van der Waals surface area contributed by atoms with Gasteiger partial charge in [-0.25, -0.2) is 4.98 Å². The first-order valence-electron chi connectivity index (χ1n) is 4.35. The molecule has 3 heteroatoms. The van der Waals surface area contributed by atoms with Crippen molar-refractivity contribution in [2.45, 2.75) is 6.42 Å². The zero-order chi connectivity index (χ0) is 9.26. The van der Waals surface area contributed by atoms with Crippen molar-refractivity contribution < 1.29 is 0 Å². The van der Waals surface area contributed by atoms with Crippen molar-refractivity contribution >= 4 is 6.08 Å². The summed E-state index contributed by atoms with van der Waals surface area (Å²) in [6.45, 7) is 0. The summed E-state index contributed by atoms with van der Waals surface area (Å²) in [4.78, 5) is 9.47. The van der Waals surface area contributed by atoms with Crippen molar-refractivity contribution in [3.05, 3.63) is 35.6 Å². The van der Waals surface area contributed by atoms with E-state index in [9.17, 15) is 0 Å². The molecule has 0 aromatic carbocycles. The van der Waals surface area contributed by atoms with E-state index in [2.05, 4.69) is 33.1 Å². The predicted molar refractivity (Wildman–Crippen MR) is 53.1 cm³/mol. The molecule has 13 heavy (non-hydrogen) atoms. The maximum Gasteiger partial charge on any atom is 0.0929 e. The van der Waals surface area contributed by atoms with Gasteiger partial charge in [0, 0.05) is 31.9 Å². The average molecular weight is 175 g/mol. The zero-order valence-corrected chi connectivity index (χ0v) is 7.91. The number of H-pyrrole nitrogens is 1. The Kier molecular flexibility index (Phi) is 1.93. The van der Waals surface area contributed by atoms with E-state index in [1.807, 2.05) is 14.1 Å². The molecule has 0 saturated heterocycles. The number of allylic oxidation sites excluding steroid dienone is 2. The summed E-state index contributed by atoms with van der Waals surface area (Å²) in [6.07, 6.45) is 9.04. The van der Waals surface area contributed by atoms with Crippen molar-refractivity contribution in [3.8, 4) is 0 Å². The zero-order valence-electron chi connectivity index (χ0n) is 7.91. The molecule has 0 bridgehead atoms. The molecule has 0 saturated carbocycles. The van der Waals surface area contributed by atoms with Gasteiger partial charge in [0.25, 0.3) is 0 Å². The largest absolute Gasteiger partial charge is 0.378 e. The molecule has 1 N–H and O–H groups in total. The van der Waals surface area contributed by atoms with Crippen molar-refractivity contribution in [1.82, 2.24) is 14.9 Å². The second-order valence-corrected chi connectivity index (χ2v) is 3.34. The van der Waals surface area contributed by atoms with Crippen LogP contribution in [0, 0.1) is 0 Å². The Morgan fingerprint density at radius 1 is 1.46 bits per heavy atom. The predicted octanol–water partition coefficient (Wildman–Crippen LogP) is 1.42. The van der Waals surface area contributed by atoms with E-state index >= 15 is 0 Å². The number of likely N-dealkylation sites (N-methyl/N-ethyl adjacent to an activating group) is 1. The van der Waals surface area contributed by atoms with Crippen molar-refractivity contribution in [2.75, 3.05) is 14.1 Å². The van der Waals surface area contributed by atoms with Crippen LogP contribution in [0.5, 0.6) is 0 Å². The SMILES string of the molecule is CN(C)C1=Cc2nc[nH]c2CC=C1. The molecule has 2 rings (SSSR count). The lowest BCUT2D eigenvalue weighted by molar-refractivity contribution is 0.534. The van der Waals surface area contributed by atoms with Gasteiger partial charge in [-0.15, -0.1) is 0 Å². The van der Waals surface area contributed by atoms with Gasteiger partial charge in [0.15, 0.2) is 0 Å². The van der Waals surface area contributed by atoms with E-state index in [4.69, 9.17) is 0 Å². The van der Waals surface area contributed by atoms with Crippen LogP contribution in [0.15, 0.2) is 24.2 Å². The van der Waals surface area contributed by atoms with Gasteiger partial charge in [-0.05, 0) is 12.2 Å². The van der Waals surface area contributed by atoms with E-state index in [1.54, 1.807) is 6.33 Å². The highest BCUT2D eigenvalue weighted by Gasteiger charge is 2.06. The highest BCUT2D eigenvalue weighted by molar-refractivity contribution is 5.55. The van der Waals surface area contributed by atoms with Crippen LogP contribution in [0.4, 0.5) is 0 Å². The first-order chi connectivity index (χ1) is 6.27. The molecule has 0 amide bonds. The van der Waals surface area contributed by atoms with Crippen LogP contribution in [-0.4, -0.2) is 29.0 Å². The van der Waals surface area contributed by atoms with E-state index in [-0.39, 0.29) is 0 Å². The van der Waals surface area contributed by atoms with Crippen LogP contribution >= 0.6 is 0 Å². The number of aromatic amines is 1. The summed E-state index contributed by atoms with van der Waals surface area (Å²) < 4.78 is 0. The van der Waals surface area contributed by atoms with Gasteiger partial charge < -0.3 is 9.88 Å². The Balaban J connectivity index is 2.42. The summed E-state index contributed by atoms with van der Waals surface area (Å²) >= 11 is 0. The molecule has 3 nitrogen and oxygen atoms in total. The maximum atomic E-state index is 4.25. The monoisotopic (exact) mass is 175 g/mol. The van der Waals surface area contributed by atoms with Gasteiger partial charge in [-0.2, -0.15) is 0 Å². The second-order valence-electron chi connectivity index (χ2n) is 3.34. The summed E-state index contributed by atoms with van der Waals surface area (Å²) in [5, 5.41) is 0. The van der Waals surface area contributed by atoms with Gasteiger partial charge in [0.2, 0.25) is 0 Å². The van der Waals surface area contributed by atoms with E-state index in [0.717, 1.165) is 12.1 Å². The van der Waals surface area contributed by atoms with Crippen LogP contribution < -0.4 is 0 Å². The molecule has 0 aliphatic heterocycles. The molecule has 68 valence electrons. The third-order valence-corrected chi connectivity index (χ3v) is 2.16. The highest BCUT2D eigenvalue weighted by atomic mass is 15.1. The fraction of sp³-hybridized carbons (Fsp3) is 0.300. The smallest absolute Gasteiger partial charge is 0.0929 e. The molecule has 0 fully saturated rings. The number of imidazole rings is 1. The van der Waals surface area contributed by atoms with Crippen LogP contribution in [-0.2, 0) is 6.42 Å². The van der Waals surface area contributed by atoms with Gasteiger partial charge in [-0.1, -0.05) is 6.08 Å². The van der Waals surface area contributed by atoms with Crippen molar-refractivity contribution in [3.63, 3.8) is 0 Å². The quantitative estimate of drug-likeness (QED) is 0.700. The number of rotatable bonds is 1. The molecule has 1 aliphatic carbocycles. The molecule has 1 aliphatic rings. The Morgan fingerprint density at radius 3 is 3.08 bits per heavy atom. The van der Waals surface area contributed by atoms with Gasteiger partial charge in [0.1, 0.15) is 0 Å². The third kappa shape index (κ3) is 1.49. The normalized spacial score (nSPS) is 14.8. The molecule has 0 spiro atoms. The van der Waals surface area contributed by atoms with Crippen LogP contribution in [0.2, 0.25) is 0 Å².